The standard InChI is InChI=1S/C25H30N2O4S/c1-19(31-22-6-4-21(30-2)5-7-22)24(29)27-15-12-25(18-27)10-13-26(14-11-25)23(28)8-3-20-9-16-32-17-20/h3-9,16-17,19H,10-15,18H2,1-2H3/b8-3+. The van der Waals surface area contributed by atoms with Gasteiger partial charge in [-0.05, 0) is 84.3 Å². The zero-order valence-electron chi connectivity index (χ0n) is 18.7. The highest BCUT2D eigenvalue weighted by molar-refractivity contribution is 7.08. The minimum atomic E-state index is -0.539. The number of rotatable bonds is 6. The van der Waals surface area contributed by atoms with Gasteiger partial charge in [-0.25, -0.2) is 0 Å². The first-order valence-electron chi connectivity index (χ1n) is 11.1. The number of amides is 2. The third-order valence-corrected chi connectivity index (χ3v) is 7.27. The van der Waals surface area contributed by atoms with E-state index in [-0.39, 0.29) is 17.2 Å². The van der Waals surface area contributed by atoms with Crippen LogP contribution in [0.4, 0.5) is 0 Å². The van der Waals surface area contributed by atoms with Gasteiger partial charge < -0.3 is 19.3 Å². The van der Waals surface area contributed by atoms with Crippen molar-refractivity contribution in [2.45, 2.75) is 32.3 Å². The van der Waals surface area contributed by atoms with E-state index in [2.05, 4.69) is 0 Å². The van der Waals surface area contributed by atoms with Crippen LogP contribution >= 0.6 is 11.3 Å². The van der Waals surface area contributed by atoms with Gasteiger partial charge in [0.2, 0.25) is 5.91 Å². The first-order chi connectivity index (χ1) is 15.5. The van der Waals surface area contributed by atoms with Crippen molar-refractivity contribution in [2.75, 3.05) is 33.3 Å². The first-order valence-corrected chi connectivity index (χ1v) is 12.0. The Hall–Kier alpha value is -2.80. The van der Waals surface area contributed by atoms with Gasteiger partial charge in [-0.15, -0.1) is 0 Å². The van der Waals surface area contributed by atoms with Gasteiger partial charge in [-0.3, -0.25) is 9.59 Å². The predicted octanol–water partition coefficient (Wildman–Crippen LogP) is 4.08. The second kappa shape index (κ2) is 9.77. The van der Waals surface area contributed by atoms with Crippen LogP contribution in [0.5, 0.6) is 11.5 Å². The molecular weight excluding hydrogens is 424 g/mol. The van der Waals surface area contributed by atoms with Gasteiger partial charge in [0, 0.05) is 32.3 Å². The lowest BCUT2D eigenvalue weighted by Gasteiger charge is -2.39. The molecule has 1 spiro atoms. The Bertz CT molecular complexity index is 947. The van der Waals surface area contributed by atoms with Crippen LogP contribution in [0, 0.1) is 5.41 Å². The predicted molar refractivity (Wildman–Crippen MR) is 126 cm³/mol. The van der Waals surface area contributed by atoms with Crippen molar-refractivity contribution in [2.24, 2.45) is 5.41 Å². The van der Waals surface area contributed by atoms with Crippen LogP contribution < -0.4 is 9.47 Å². The molecule has 170 valence electrons. The molecule has 1 aromatic heterocycles. The Balaban J connectivity index is 1.27. The molecule has 4 rings (SSSR count). The van der Waals surface area contributed by atoms with E-state index in [0.717, 1.165) is 56.8 Å². The van der Waals surface area contributed by atoms with Gasteiger partial charge in [-0.1, -0.05) is 0 Å². The average Bonchev–Trinajstić information content (AvgIpc) is 3.48. The normalized spacial score (nSPS) is 18.8. The van der Waals surface area contributed by atoms with Crippen molar-refractivity contribution in [1.82, 2.24) is 9.80 Å². The third kappa shape index (κ3) is 5.15. The molecule has 0 N–H and O–H groups in total. The summed E-state index contributed by atoms with van der Waals surface area (Å²) in [6.45, 7) is 4.79. The topological polar surface area (TPSA) is 59.1 Å². The number of hydrogen-bond acceptors (Lipinski definition) is 5. The van der Waals surface area contributed by atoms with Crippen molar-refractivity contribution in [3.05, 3.63) is 52.7 Å². The molecule has 2 amide bonds. The zero-order valence-corrected chi connectivity index (χ0v) is 19.5. The van der Waals surface area contributed by atoms with Crippen LogP contribution in [-0.4, -0.2) is 61.0 Å². The summed E-state index contributed by atoms with van der Waals surface area (Å²) in [5, 5.41) is 4.03. The molecule has 0 bridgehead atoms. The average molecular weight is 455 g/mol. The number of piperidine rings is 1. The summed E-state index contributed by atoms with van der Waals surface area (Å²) >= 11 is 1.62. The summed E-state index contributed by atoms with van der Waals surface area (Å²) in [7, 11) is 1.62. The van der Waals surface area contributed by atoms with Gasteiger partial charge in [-0.2, -0.15) is 11.3 Å². The number of methoxy groups -OCH3 is 1. The number of carbonyl (C=O) groups excluding carboxylic acids is 2. The van der Waals surface area contributed by atoms with E-state index in [1.165, 1.54) is 0 Å². The maximum atomic E-state index is 13.0. The number of carbonyl (C=O) groups is 2. The summed E-state index contributed by atoms with van der Waals surface area (Å²) in [5.74, 6) is 1.50. The number of benzene rings is 1. The van der Waals surface area contributed by atoms with Crippen LogP contribution in [0.3, 0.4) is 0 Å². The highest BCUT2D eigenvalue weighted by atomic mass is 32.1. The number of thiophene rings is 1. The van der Waals surface area contributed by atoms with Crippen LogP contribution in [0.15, 0.2) is 47.2 Å². The molecule has 3 heterocycles. The van der Waals surface area contributed by atoms with E-state index in [0.29, 0.717) is 5.75 Å². The molecule has 0 saturated carbocycles. The smallest absolute Gasteiger partial charge is 0.263 e. The maximum absolute atomic E-state index is 13.0. The van der Waals surface area contributed by atoms with Crippen LogP contribution in [0.1, 0.15) is 31.7 Å². The lowest BCUT2D eigenvalue weighted by atomic mass is 9.78. The number of ether oxygens (including phenoxy) is 2. The molecule has 2 aliphatic rings. The van der Waals surface area contributed by atoms with Crippen molar-refractivity contribution >= 4 is 29.2 Å². The second-order valence-electron chi connectivity index (χ2n) is 8.66. The van der Waals surface area contributed by atoms with E-state index in [9.17, 15) is 9.59 Å². The van der Waals surface area contributed by atoms with E-state index < -0.39 is 6.10 Å². The number of nitrogens with zero attached hydrogens (tertiary/aromatic N) is 2. The molecule has 2 aromatic rings. The zero-order chi connectivity index (χ0) is 22.6. The van der Waals surface area contributed by atoms with Crippen molar-refractivity contribution in [3.63, 3.8) is 0 Å². The molecule has 1 aromatic carbocycles. The minimum absolute atomic E-state index is 0.0231. The second-order valence-corrected chi connectivity index (χ2v) is 9.44. The molecule has 0 radical (unpaired) electrons. The fourth-order valence-corrected chi connectivity index (χ4v) is 5.17. The van der Waals surface area contributed by atoms with E-state index in [4.69, 9.17) is 9.47 Å². The molecule has 6 nitrogen and oxygen atoms in total. The molecule has 2 saturated heterocycles. The Morgan fingerprint density at radius 3 is 2.31 bits per heavy atom. The van der Waals surface area contributed by atoms with Crippen LogP contribution in [-0.2, 0) is 9.59 Å². The molecule has 1 atom stereocenters. The van der Waals surface area contributed by atoms with Gasteiger partial charge in [0.05, 0.1) is 7.11 Å². The Morgan fingerprint density at radius 1 is 1.03 bits per heavy atom. The van der Waals surface area contributed by atoms with E-state index >= 15 is 0 Å². The maximum Gasteiger partial charge on any atom is 0.263 e. The summed E-state index contributed by atoms with van der Waals surface area (Å²) < 4.78 is 11.0. The summed E-state index contributed by atoms with van der Waals surface area (Å²) in [6.07, 6.45) is 5.86. The summed E-state index contributed by atoms with van der Waals surface area (Å²) in [4.78, 5) is 29.4. The highest BCUT2D eigenvalue weighted by Crippen LogP contribution is 2.40. The summed E-state index contributed by atoms with van der Waals surface area (Å²) in [6, 6.07) is 9.27. The molecule has 2 fully saturated rings. The molecule has 7 heteroatoms. The van der Waals surface area contributed by atoms with Crippen LogP contribution in [0.25, 0.3) is 6.08 Å². The highest BCUT2D eigenvalue weighted by Gasteiger charge is 2.43. The van der Waals surface area contributed by atoms with Crippen molar-refractivity contribution < 1.29 is 19.1 Å². The minimum Gasteiger partial charge on any atom is -0.497 e. The monoisotopic (exact) mass is 454 g/mol. The lowest BCUT2D eigenvalue weighted by molar-refractivity contribution is -0.137. The van der Waals surface area contributed by atoms with Gasteiger partial charge >= 0.3 is 0 Å². The van der Waals surface area contributed by atoms with E-state index in [1.54, 1.807) is 31.4 Å². The van der Waals surface area contributed by atoms with Gasteiger partial charge in [0.25, 0.3) is 5.91 Å². The SMILES string of the molecule is COc1ccc(OC(C)C(=O)N2CCC3(CCN(C(=O)/C=C/c4ccsc4)CC3)C2)cc1. The molecule has 1 unspecified atom stereocenters. The number of likely N-dealkylation sites (tertiary alicyclic amines) is 2. The molecular formula is C25H30N2O4S. The van der Waals surface area contributed by atoms with Crippen LogP contribution in [0.2, 0.25) is 0 Å². The van der Waals surface area contributed by atoms with Gasteiger partial charge in [0.15, 0.2) is 6.10 Å². The molecule has 0 aliphatic carbocycles. The lowest BCUT2D eigenvalue weighted by Crippen LogP contribution is -2.45. The van der Waals surface area contributed by atoms with Crippen molar-refractivity contribution in [3.8, 4) is 11.5 Å². The van der Waals surface area contributed by atoms with Crippen molar-refractivity contribution in [1.29, 1.82) is 0 Å². The Morgan fingerprint density at radius 2 is 1.69 bits per heavy atom. The fourth-order valence-electron chi connectivity index (χ4n) is 4.54. The summed E-state index contributed by atoms with van der Waals surface area (Å²) in [5.41, 5.74) is 1.18. The fraction of sp³-hybridized carbons (Fsp3) is 0.440. The third-order valence-electron chi connectivity index (χ3n) is 6.57. The first kappa shape index (κ1) is 22.4. The Kier molecular flexibility index (Phi) is 6.84. The molecule has 2 aliphatic heterocycles. The molecule has 32 heavy (non-hydrogen) atoms. The number of hydrogen-bond donors (Lipinski definition) is 0. The van der Waals surface area contributed by atoms with Gasteiger partial charge in [0.1, 0.15) is 11.5 Å². The largest absolute Gasteiger partial charge is 0.497 e. The van der Waals surface area contributed by atoms with E-state index in [1.807, 2.05) is 57.0 Å². The Labute approximate surface area is 193 Å². The quantitative estimate of drug-likeness (QED) is 0.617.